The van der Waals surface area contributed by atoms with Crippen molar-refractivity contribution in [2.75, 3.05) is 18.9 Å². The van der Waals surface area contributed by atoms with Crippen LogP contribution in [0.5, 0.6) is 5.75 Å². The molecule has 1 N–H and O–H groups in total. The molecule has 0 aliphatic carbocycles. The van der Waals surface area contributed by atoms with E-state index in [0.29, 0.717) is 18.7 Å². The van der Waals surface area contributed by atoms with Gasteiger partial charge in [0.2, 0.25) is 0 Å². The van der Waals surface area contributed by atoms with E-state index in [1.165, 1.54) is 0 Å². The van der Waals surface area contributed by atoms with E-state index < -0.39 is 0 Å². The second kappa shape index (κ2) is 9.48. The first-order valence-corrected chi connectivity index (χ1v) is 8.95. The van der Waals surface area contributed by atoms with Crippen molar-refractivity contribution in [3.05, 3.63) is 59.1 Å². The Morgan fingerprint density at radius 1 is 1.13 bits per heavy atom. The van der Waals surface area contributed by atoms with E-state index in [1.54, 1.807) is 23.9 Å². The van der Waals surface area contributed by atoms with Gasteiger partial charge in [-0.15, -0.1) is 11.8 Å². The molecular formula is C18H20ClNO2S. The van der Waals surface area contributed by atoms with Gasteiger partial charge in [-0.1, -0.05) is 18.5 Å². The van der Waals surface area contributed by atoms with Crippen LogP contribution in [0.4, 0.5) is 0 Å². The van der Waals surface area contributed by atoms with Crippen molar-refractivity contribution in [1.29, 1.82) is 0 Å². The Kier molecular flexibility index (Phi) is 7.30. The molecule has 0 atom stereocenters. The van der Waals surface area contributed by atoms with Gasteiger partial charge in [0, 0.05) is 27.8 Å². The van der Waals surface area contributed by atoms with Crippen molar-refractivity contribution >= 4 is 29.3 Å². The molecule has 0 aliphatic heterocycles. The molecule has 0 unspecified atom stereocenters. The highest BCUT2D eigenvalue weighted by Gasteiger charge is 2.05. The predicted molar refractivity (Wildman–Crippen MR) is 96.7 cm³/mol. The highest BCUT2D eigenvalue weighted by molar-refractivity contribution is 7.99. The first kappa shape index (κ1) is 17.7. The van der Waals surface area contributed by atoms with Gasteiger partial charge >= 0.3 is 0 Å². The Labute approximate surface area is 146 Å². The lowest BCUT2D eigenvalue weighted by atomic mass is 10.2. The molecule has 5 heteroatoms. The summed E-state index contributed by atoms with van der Waals surface area (Å²) in [5, 5.41) is 3.65. The molecule has 122 valence electrons. The third kappa shape index (κ3) is 6.16. The summed E-state index contributed by atoms with van der Waals surface area (Å²) < 4.78 is 5.50. The van der Waals surface area contributed by atoms with E-state index >= 15 is 0 Å². The molecule has 0 radical (unpaired) electrons. The number of hydrogen-bond acceptors (Lipinski definition) is 3. The highest BCUT2D eigenvalue weighted by Crippen LogP contribution is 2.19. The first-order chi connectivity index (χ1) is 11.2. The molecule has 2 rings (SSSR count). The van der Waals surface area contributed by atoms with Gasteiger partial charge in [-0.3, -0.25) is 4.79 Å². The maximum Gasteiger partial charge on any atom is 0.251 e. The van der Waals surface area contributed by atoms with Crippen LogP contribution in [0.2, 0.25) is 5.02 Å². The second-order valence-electron chi connectivity index (χ2n) is 4.93. The normalized spacial score (nSPS) is 10.3. The van der Waals surface area contributed by atoms with Gasteiger partial charge in [-0.05, 0) is 55.0 Å². The zero-order valence-electron chi connectivity index (χ0n) is 13.0. The van der Waals surface area contributed by atoms with E-state index in [2.05, 4.69) is 12.2 Å². The third-order valence-electron chi connectivity index (χ3n) is 3.06. The van der Waals surface area contributed by atoms with Gasteiger partial charge in [0.25, 0.3) is 5.91 Å². The number of hydrogen-bond donors (Lipinski definition) is 1. The summed E-state index contributed by atoms with van der Waals surface area (Å²) in [4.78, 5) is 13.2. The number of benzene rings is 2. The molecule has 3 nitrogen and oxygen atoms in total. The summed E-state index contributed by atoms with van der Waals surface area (Å²) in [7, 11) is 0. The van der Waals surface area contributed by atoms with E-state index in [-0.39, 0.29) is 5.91 Å². The molecule has 23 heavy (non-hydrogen) atoms. The van der Waals surface area contributed by atoms with Gasteiger partial charge in [0.1, 0.15) is 5.75 Å². The Hall–Kier alpha value is -1.65. The minimum Gasteiger partial charge on any atom is -0.494 e. The molecule has 0 aromatic heterocycles. The number of thioether (sulfide) groups is 1. The van der Waals surface area contributed by atoms with Crippen LogP contribution >= 0.6 is 23.4 Å². The maximum absolute atomic E-state index is 12.0. The molecule has 0 bridgehead atoms. The summed E-state index contributed by atoms with van der Waals surface area (Å²) in [5.74, 6) is 1.54. The Morgan fingerprint density at radius 2 is 1.83 bits per heavy atom. The molecule has 0 spiro atoms. The zero-order chi connectivity index (χ0) is 16.5. The van der Waals surface area contributed by atoms with Crippen LogP contribution in [0.3, 0.4) is 0 Å². The molecule has 0 aliphatic rings. The molecule has 0 heterocycles. The number of nitrogens with one attached hydrogen (secondary N) is 1. The topological polar surface area (TPSA) is 38.3 Å². The lowest BCUT2D eigenvalue weighted by molar-refractivity contribution is 0.0956. The van der Waals surface area contributed by atoms with Gasteiger partial charge in [0.05, 0.1) is 6.61 Å². The summed E-state index contributed by atoms with van der Waals surface area (Å²) in [5.41, 5.74) is 0.644. The number of carbonyl (C=O) groups excluding carboxylic acids is 1. The first-order valence-electron chi connectivity index (χ1n) is 7.58. The number of rotatable bonds is 8. The lowest BCUT2D eigenvalue weighted by Gasteiger charge is -2.07. The lowest BCUT2D eigenvalue weighted by Crippen LogP contribution is -2.25. The minimum absolute atomic E-state index is 0.0660. The number of halogens is 1. The number of carbonyl (C=O) groups is 1. The zero-order valence-corrected chi connectivity index (χ0v) is 14.6. The van der Waals surface area contributed by atoms with E-state index in [0.717, 1.165) is 27.8 Å². The van der Waals surface area contributed by atoms with E-state index in [1.807, 2.05) is 36.4 Å². The molecule has 1 amide bonds. The quantitative estimate of drug-likeness (QED) is 0.556. The van der Waals surface area contributed by atoms with E-state index in [4.69, 9.17) is 16.3 Å². The summed E-state index contributed by atoms with van der Waals surface area (Å²) >= 11 is 7.53. The Morgan fingerprint density at radius 3 is 2.48 bits per heavy atom. The van der Waals surface area contributed by atoms with Crippen LogP contribution in [0.15, 0.2) is 53.4 Å². The Balaban J connectivity index is 1.72. The molecule has 0 saturated carbocycles. The fraction of sp³-hybridized carbons (Fsp3) is 0.278. The minimum atomic E-state index is -0.0660. The number of amides is 1. The maximum atomic E-state index is 12.0. The molecule has 0 saturated heterocycles. The monoisotopic (exact) mass is 349 g/mol. The van der Waals surface area contributed by atoms with Crippen LogP contribution in [0.1, 0.15) is 23.7 Å². The second-order valence-corrected chi connectivity index (χ2v) is 6.54. The van der Waals surface area contributed by atoms with Crippen LogP contribution in [-0.4, -0.2) is 24.8 Å². The predicted octanol–water partition coefficient (Wildman–Crippen LogP) is 4.65. The van der Waals surface area contributed by atoms with Crippen molar-refractivity contribution in [3.63, 3.8) is 0 Å². The molecular weight excluding hydrogens is 330 g/mol. The summed E-state index contributed by atoms with van der Waals surface area (Å²) in [6, 6.07) is 14.9. The molecule has 2 aromatic rings. The molecule has 0 fully saturated rings. The summed E-state index contributed by atoms with van der Waals surface area (Å²) in [6.07, 6.45) is 0.966. The highest BCUT2D eigenvalue weighted by atomic mass is 35.5. The standard InChI is InChI=1S/C18H20ClNO2S/c1-2-12-22-16-7-3-14(4-8-16)18(21)20-11-13-23-17-9-5-15(19)6-10-17/h3-10H,2,11-13H2,1H3,(H,20,21). The van der Waals surface area contributed by atoms with Crippen LogP contribution in [-0.2, 0) is 0 Å². The van der Waals surface area contributed by atoms with Crippen molar-refractivity contribution < 1.29 is 9.53 Å². The fourth-order valence-electron chi connectivity index (χ4n) is 1.89. The van der Waals surface area contributed by atoms with Gasteiger partial charge in [-0.25, -0.2) is 0 Å². The number of ether oxygens (including phenoxy) is 1. The molecule has 2 aromatic carbocycles. The van der Waals surface area contributed by atoms with Gasteiger partial charge in [-0.2, -0.15) is 0 Å². The smallest absolute Gasteiger partial charge is 0.251 e. The third-order valence-corrected chi connectivity index (χ3v) is 4.33. The SMILES string of the molecule is CCCOc1ccc(C(=O)NCCSc2ccc(Cl)cc2)cc1. The van der Waals surface area contributed by atoms with Crippen LogP contribution < -0.4 is 10.1 Å². The summed E-state index contributed by atoms with van der Waals surface area (Å²) in [6.45, 7) is 3.36. The average Bonchev–Trinajstić information content (AvgIpc) is 2.58. The van der Waals surface area contributed by atoms with Crippen molar-refractivity contribution in [2.24, 2.45) is 0 Å². The Bertz CT molecular complexity index is 614. The largest absolute Gasteiger partial charge is 0.494 e. The van der Waals surface area contributed by atoms with E-state index in [9.17, 15) is 4.79 Å². The van der Waals surface area contributed by atoms with Gasteiger partial charge in [0.15, 0.2) is 0 Å². The fourth-order valence-corrected chi connectivity index (χ4v) is 2.78. The van der Waals surface area contributed by atoms with Crippen molar-refractivity contribution in [3.8, 4) is 5.75 Å². The van der Waals surface area contributed by atoms with Crippen LogP contribution in [0, 0.1) is 0 Å². The van der Waals surface area contributed by atoms with Gasteiger partial charge < -0.3 is 10.1 Å². The average molecular weight is 350 g/mol. The van der Waals surface area contributed by atoms with Crippen LogP contribution in [0.25, 0.3) is 0 Å². The van der Waals surface area contributed by atoms with Crippen molar-refractivity contribution in [1.82, 2.24) is 5.32 Å². The van der Waals surface area contributed by atoms with Crippen molar-refractivity contribution in [2.45, 2.75) is 18.2 Å².